The predicted octanol–water partition coefficient (Wildman–Crippen LogP) is 8.76. The third-order valence-electron chi connectivity index (χ3n) is 12.6. The lowest BCUT2D eigenvalue weighted by molar-refractivity contribution is -0.0470. The van der Waals surface area contributed by atoms with Crippen LogP contribution in [-0.2, 0) is 18.0 Å². The number of fused-ring (bicyclic) bond motifs is 1. The van der Waals surface area contributed by atoms with Crippen LogP contribution in [0.15, 0.2) is 18.7 Å². The second kappa shape index (κ2) is 14.5. The van der Waals surface area contributed by atoms with Gasteiger partial charge in [-0.3, -0.25) is 4.57 Å². The fourth-order valence-corrected chi connectivity index (χ4v) is 9.59. The first-order valence-corrected chi connectivity index (χ1v) is 27.9. The number of nitrogens with zero attached hydrogens (tertiary/aromatic N) is 6. The molecule has 296 valence electrons. The summed E-state index contributed by atoms with van der Waals surface area (Å²) in [7, 11) is -6.92. The topological polar surface area (TPSA) is 148 Å². The van der Waals surface area contributed by atoms with Gasteiger partial charge in [0.2, 0.25) is 0 Å². The number of carbonyl (C=O) groups is 1. The fraction of sp³-hybridized carbons (Fsp3) is 0.757. The highest BCUT2D eigenvalue weighted by Crippen LogP contribution is 2.47. The minimum atomic E-state index is -2.41. The van der Waals surface area contributed by atoms with Gasteiger partial charge in [-0.15, -0.1) is 0 Å². The first-order valence-electron chi connectivity index (χ1n) is 19.2. The number of carboxylic acids is 1. The first kappa shape index (κ1) is 41.7. The zero-order valence-electron chi connectivity index (χ0n) is 34.8. The highest BCUT2D eigenvalue weighted by molar-refractivity contribution is 6.75. The summed E-state index contributed by atoms with van der Waals surface area (Å²) in [6, 6.07) is 0.245. The summed E-state index contributed by atoms with van der Waals surface area (Å²) in [5, 5.41) is 17.5. The molecule has 5 rings (SSSR count). The van der Waals surface area contributed by atoms with Crippen molar-refractivity contribution in [2.24, 2.45) is 0 Å². The van der Waals surface area contributed by atoms with Crippen molar-refractivity contribution in [1.29, 1.82) is 0 Å². The van der Waals surface area contributed by atoms with E-state index in [1.165, 1.54) is 17.1 Å². The molecule has 0 bridgehead atoms. The zero-order chi connectivity index (χ0) is 39.5. The molecule has 4 heterocycles. The quantitative estimate of drug-likeness (QED) is 0.170. The maximum atomic E-state index is 11.8. The van der Waals surface area contributed by atoms with Crippen LogP contribution < -0.4 is 5.32 Å². The Bertz CT molecular complexity index is 1770. The van der Waals surface area contributed by atoms with Crippen LogP contribution in [0.2, 0.25) is 54.4 Å². The Labute approximate surface area is 319 Å². The number of hydrogen-bond donors (Lipinski definition) is 2. The number of aromatic nitrogens is 6. The van der Waals surface area contributed by atoms with Gasteiger partial charge in [0.1, 0.15) is 18.3 Å². The van der Waals surface area contributed by atoms with E-state index >= 15 is 0 Å². The number of hydrogen-bond acceptors (Lipinski definition) is 10. The lowest BCUT2D eigenvalue weighted by atomic mass is 10.1. The smallest absolute Gasteiger partial charge is 0.338 e. The molecule has 53 heavy (non-hydrogen) atoms. The molecule has 3 aromatic heterocycles. The lowest BCUT2D eigenvalue weighted by Gasteiger charge is -2.44. The lowest BCUT2D eigenvalue weighted by Crippen LogP contribution is -2.54. The molecular formula is C37H65N7O6Si3. The van der Waals surface area contributed by atoms with Crippen LogP contribution in [-0.4, -0.2) is 96.3 Å². The van der Waals surface area contributed by atoms with Crippen LogP contribution >= 0.6 is 0 Å². The van der Waals surface area contributed by atoms with Crippen molar-refractivity contribution in [3.05, 3.63) is 24.3 Å². The van der Waals surface area contributed by atoms with Crippen molar-refractivity contribution < 1.29 is 27.9 Å². The standard InChI is InChI=1S/C37H65N7O6Si3/c1-35(2,3)51(10,11)47-22-26-28(49-52(12,13)36(4,5)6)29(50-53(14,15)37(7,8)9)32(48-26)43-23-38-27-30(40-25-18-16-17-19-25)41-34(42-31(27)43)44-21-24(20-39-44)33(45)46/h20-21,23,25-26,28-29,32H,16-19,22H2,1-15H3,(H,45,46)(H,40,41,42). The minimum Gasteiger partial charge on any atom is -0.478 e. The van der Waals surface area contributed by atoms with E-state index < -0.39 is 55.5 Å². The van der Waals surface area contributed by atoms with E-state index in [-0.39, 0.29) is 32.7 Å². The van der Waals surface area contributed by atoms with E-state index in [1.807, 2.05) is 4.57 Å². The molecule has 13 nitrogen and oxygen atoms in total. The predicted molar refractivity (Wildman–Crippen MR) is 216 cm³/mol. The van der Waals surface area contributed by atoms with Crippen LogP contribution in [0.25, 0.3) is 17.1 Å². The largest absolute Gasteiger partial charge is 0.478 e. The number of ether oxygens (including phenoxy) is 1. The van der Waals surface area contributed by atoms with Gasteiger partial charge in [0.05, 0.1) is 24.7 Å². The summed E-state index contributed by atoms with van der Waals surface area (Å²) < 4.78 is 32.2. The van der Waals surface area contributed by atoms with E-state index in [2.05, 4.69) is 112 Å². The van der Waals surface area contributed by atoms with Gasteiger partial charge in [0, 0.05) is 12.2 Å². The zero-order valence-corrected chi connectivity index (χ0v) is 37.8. The first-order chi connectivity index (χ1) is 24.2. The Balaban J connectivity index is 1.68. The molecule has 2 aliphatic rings. The van der Waals surface area contributed by atoms with Crippen LogP contribution in [0.1, 0.15) is 105 Å². The maximum Gasteiger partial charge on any atom is 0.338 e. The Kier molecular flexibility index (Phi) is 11.4. The molecule has 2 N–H and O–H groups in total. The maximum absolute atomic E-state index is 11.8. The van der Waals surface area contributed by atoms with Crippen LogP contribution in [0.4, 0.5) is 5.82 Å². The molecule has 0 amide bonds. The average molecular weight is 788 g/mol. The normalized spacial score (nSPS) is 22.6. The number of carboxylic acid groups (broad SMARTS) is 1. The molecule has 0 radical (unpaired) electrons. The van der Waals surface area contributed by atoms with Gasteiger partial charge in [-0.1, -0.05) is 75.2 Å². The number of imidazole rings is 1. The summed E-state index contributed by atoms with van der Waals surface area (Å²) in [6.45, 7) is 34.2. The Hall–Kier alpha value is -2.48. The molecule has 0 aromatic carbocycles. The van der Waals surface area contributed by atoms with E-state index in [4.69, 9.17) is 33.0 Å². The number of nitrogens with one attached hydrogen (secondary N) is 1. The van der Waals surface area contributed by atoms with Gasteiger partial charge in [0.25, 0.3) is 5.95 Å². The molecule has 1 aliphatic carbocycles. The fourth-order valence-electron chi connectivity index (χ4n) is 5.98. The Morgan fingerprint density at radius 2 is 1.45 bits per heavy atom. The Morgan fingerprint density at radius 1 is 0.887 bits per heavy atom. The molecule has 3 aromatic rings. The number of anilines is 1. The Morgan fingerprint density at radius 3 is 1.98 bits per heavy atom. The van der Waals surface area contributed by atoms with Crippen molar-refractivity contribution in [2.75, 3.05) is 11.9 Å². The van der Waals surface area contributed by atoms with Crippen molar-refractivity contribution in [3.63, 3.8) is 0 Å². The van der Waals surface area contributed by atoms with Crippen molar-refractivity contribution in [1.82, 2.24) is 29.3 Å². The van der Waals surface area contributed by atoms with Gasteiger partial charge < -0.3 is 28.4 Å². The van der Waals surface area contributed by atoms with Gasteiger partial charge in [-0.25, -0.2) is 14.5 Å². The summed E-state index contributed by atoms with van der Waals surface area (Å²) in [4.78, 5) is 26.5. The van der Waals surface area contributed by atoms with E-state index in [0.29, 0.717) is 23.6 Å². The highest BCUT2D eigenvalue weighted by Gasteiger charge is 2.55. The second-order valence-corrected chi connectivity index (χ2v) is 33.9. The molecule has 2 fully saturated rings. The molecule has 1 aliphatic heterocycles. The van der Waals surface area contributed by atoms with Crippen LogP contribution in [0, 0.1) is 0 Å². The molecule has 1 saturated heterocycles. The molecular weight excluding hydrogens is 723 g/mol. The SMILES string of the molecule is CC(C)(C)[Si](C)(C)OCC1OC(n2cnc3c(NC4CCCC4)nc(-n4cc(C(=O)O)cn4)nc32)C(O[Si](C)(C)C(C)(C)C)C1O[Si](C)(C)C(C)(C)C. The molecule has 4 unspecified atom stereocenters. The van der Waals surface area contributed by atoms with Crippen molar-refractivity contribution in [3.8, 4) is 5.95 Å². The summed E-state index contributed by atoms with van der Waals surface area (Å²) in [5.74, 6) is -0.260. The van der Waals surface area contributed by atoms with E-state index in [0.717, 1.165) is 25.7 Å². The van der Waals surface area contributed by atoms with Crippen LogP contribution in [0.3, 0.4) is 0 Å². The molecule has 16 heteroatoms. The average Bonchev–Trinajstić information content (AvgIpc) is 3.82. The third-order valence-corrected chi connectivity index (χ3v) is 26.0. The molecule has 1 saturated carbocycles. The third kappa shape index (κ3) is 8.68. The minimum absolute atomic E-state index is 0.0153. The van der Waals surface area contributed by atoms with E-state index in [9.17, 15) is 9.90 Å². The monoisotopic (exact) mass is 787 g/mol. The number of rotatable bonds is 12. The highest BCUT2D eigenvalue weighted by atomic mass is 28.4. The number of aromatic carboxylic acids is 1. The van der Waals surface area contributed by atoms with Gasteiger partial charge >= 0.3 is 5.97 Å². The summed E-state index contributed by atoms with van der Waals surface area (Å²) in [5.41, 5.74) is 1.18. The van der Waals surface area contributed by atoms with Gasteiger partial charge in [0.15, 0.2) is 48.2 Å². The van der Waals surface area contributed by atoms with Crippen LogP contribution in [0.5, 0.6) is 0 Å². The summed E-state index contributed by atoms with van der Waals surface area (Å²) in [6.07, 6.45) is 6.86. The molecule has 4 atom stereocenters. The van der Waals surface area contributed by atoms with Crippen molar-refractivity contribution >= 4 is 47.9 Å². The molecule has 0 spiro atoms. The summed E-state index contributed by atoms with van der Waals surface area (Å²) >= 11 is 0. The van der Waals surface area contributed by atoms with Gasteiger partial charge in [-0.05, 0) is 67.2 Å². The van der Waals surface area contributed by atoms with Crippen molar-refractivity contribution in [2.45, 2.75) is 173 Å². The van der Waals surface area contributed by atoms with E-state index in [1.54, 1.807) is 6.33 Å². The second-order valence-electron chi connectivity index (χ2n) is 19.6. The van der Waals surface area contributed by atoms with Gasteiger partial charge in [-0.2, -0.15) is 15.1 Å².